The smallest absolute Gasteiger partial charge is 0.211 e. The van der Waals surface area contributed by atoms with Crippen LogP contribution in [0.15, 0.2) is 18.3 Å². The van der Waals surface area contributed by atoms with Crippen molar-refractivity contribution in [1.82, 2.24) is 9.71 Å². The number of aromatic nitrogens is 1. The number of hydrogen-bond donors (Lipinski definition) is 2. The lowest BCUT2D eigenvalue weighted by atomic mass is 10.4. The Morgan fingerprint density at radius 3 is 2.71 bits per heavy atom. The number of nitrogens with one attached hydrogen (secondary N) is 2. The zero-order valence-corrected chi connectivity index (χ0v) is 10.4. The van der Waals surface area contributed by atoms with Crippen LogP contribution in [0.3, 0.4) is 0 Å². The Kier molecular flexibility index (Phi) is 5.30. The minimum Gasteiger partial charge on any atom is -0.370 e. The molecule has 1 aromatic heterocycles. The predicted octanol–water partition coefficient (Wildman–Crippen LogP) is 0.962. The van der Waals surface area contributed by atoms with Crippen molar-refractivity contribution >= 4 is 15.8 Å². The highest BCUT2D eigenvalue weighted by atomic mass is 32.2. The maximum Gasteiger partial charge on any atom is 0.211 e. The standard InChI is InChI=1S/C10H16FN3O2S/c1-2-17(15,16)14-7-3-6-12-10-5-4-9(11)8-13-10/h4-5,8,14H,2-3,6-7H2,1H3,(H,12,13). The monoisotopic (exact) mass is 261 g/mol. The van der Waals surface area contributed by atoms with Crippen molar-refractivity contribution < 1.29 is 12.8 Å². The molecule has 0 aliphatic rings. The first-order chi connectivity index (χ1) is 8.03. The SMILES string of the molecule is CCS(=O)(=O)NCCCNc1ccc(F)cn1. The molecule has 1 rings (SSSR count). The molecule has 0 aliphatic heterocycles. The van der Waals surface area contributed by atoms with Crippen LogP contribution in [0.5, 0.6) is 0 Å². The van der Waals surface area contributed by atoms with Gasteiger partial charge in [0.1, 0.15) is 11.6 Å². The minimum absolute atomic E-state index is 0.0833. The first-order valence-electron chi connectivity index (χ1n) is 5.36. The third-order valence-corrected chi connectivity index (χ3v) is 3.49. The third-order valence-electron chi connectivity index (χ3n) is 2.09. The van der Waals surface area contributed by atoms with E-state index in [1.807, 2.05) is 0 Å². The maximum absolute atomic E-state index is 12.5. The predicted molar refractivity (Wildman–Crippen MR) is 64.8 cm³/mol. The van der Waals surface area contributed by atoms with E-state index in [1.165, 1.54) is 12.1 Å². The summed E-state index contributed by atoms with van der Waals surface area (Å²) >= 11 is 0. The summed E-state index contributed by atoms with van der Waals surface area (Å²) in [6.45, 7) is 2.54. The van der Waals surface area contributed by atoms with Gasteiger partial charge in [-0.25, -0.2) is 22.5 Å². The van der Waals surface area contributed by atoms with E-state index in [0.717, 1.165) is 6.20 Å². The van der Waals surface area contributed by atoms with E-state index in [9.17, 15) is 12.8 Å². The molecule has 1 aromatic rings. The molecular formula is C10H16FN3O2S. The lowest BCUT2D eigenvalue weighted by Gasteiger charge is -2.06. The van der Waals surface area contributed by atoms with E-state index in [-0.39, 0.29) is 11.6 Å². The number of halogens is 1. The molecule has 0 radical (unpaired) electrons. The molecule has 0 amide bonds. The van der Waals surface area contributed by atoms with E-state index >= 15 is 0 Å². The van der Waals surface area contributed by atoms with Crippen LogP contribution in [0.4, 0.5) is 10.2 Å². The van der Waals surface area contributed by atoms with Gasteiger partial charge in [-0.05, 0) is 25.5 Å². The molecule has 7 heteroatoms. The highest BCUT2D eigenvalue weighted by molar-refractivity contribution is 7.89. The van der Waals surface area contributed by atoms with Crippen LogP contribution in [0.2, 0.25) is 0 Å². The molecule has 96 valence electrons. The van der Waals surface area contributed by atoms with Gasteiger partial charge in [0, 0.05) is 13.1 Å². The van der Waals surface area contributed by atoms with E-state index < -0.39 is 10.0 Å². The second-order valence-electron chi connectivity index (χ2n) is 3.44. The Balaban J connectivity index is 2.19. The summed E-state index contributed by atoms with van der Waals surface area (Å²) in [6.07, 6.45) is 1.76. The third kappa shape index (κ3) is 5.60. The molecular weight excluding hydrogens is 245 g/mol. The fourth-order valence-electron chi connectivity index (χ4n) is 1.11. The number of pyridine rings is 1. The molecule has 0 atom stereocenters. The molecule has 0 saturated heterocycles. The Morgan fingerprint density at radius 2 is 2.12 bits per heavy atom. The van der Waals surface area contributed by atoms with Gasteiger partial charge in [0.05, 0.1) is 11.9 Å². The van der Waals surface area contributed by atoms with Gasteiger partial charge in [0.2, 0.25) is 10.0 Å². The van der Waals surface area contributed by atoms with Crippen molar-refractivity contribution in [2.45, 2.75) is 13.3 Å². The van der Waals surface area contributed by atoms with Crippen LogP contribution < -0.4 is 10.0 Å². The average Bonchev–Trinajstić information content (AvgIpc) is 2.31. The van der Waals surface area contributed by atoms with E-state index in [4.69, 9.17) is 0 Å². The summed E-state index contributed by atoms with van der Waals surface area (Å²) in [5.41, 5.74) is 0. The summed E-state index contributed by atoms with van der Waals surface area (Å²) in [6, 6.07) is 2.85. The summed E-state index contributed by atoms with van der Waals surface area (Å²) in [4.78, 5) is 3.82. The largest absolute Gasteiger partial charge is 0.370 e. The van der Waals surface area contributed by atoms with Crippen LogP contribution in [0.25, 0.3) is 0 Å². The van der Waals surface area contributed by atoms with Crippen LogP contribution in [-0.4, -0.2) is 32.2 Å². The topological polar surface area (TPSA) is 71.1 Å². The van der Waals surface area contributed by atoms with E-state index in [0.29, 0.717) is 25.3 Å². The van der Waals surface area contributed by atoms with Crippen molar-refractivity contribution in [3.05, 3.63) is 24.1 Å². The molecule has 0 aromatic carbocycles. The lowest BCUT2D eigenvalue weighted by Crippen LogP contribution is -2.27. The summed E-state index contributed by atoms with van der Waals surface area (Å²) in [7, 11) is -3.11. The van der Waals surface area contributed by atoms with Gasteiger partial charge in [-0.15, -0.1) is 0 Å². The van der Waals surface area contributed by atoms with E-state index in [2.05, 4.69) is 15.0 Å². The van der Waals surface area contributed by atoms with Gasteiger partial charge in [-0.2, -0.15) is 0 Å². The second kappa shape index (κ2) is 6.51. The number of hydrogen-bond acceptors (Lipinski definition) is 4. The van der Waals surface area contributed by atoms with Crippen LogP contribution in [-0.2, 0) is 10.0 Å². The Hall–Kier alpha value is -1.21. The van der Waals surface area contributed by atoms with Crippen LogP contribution in [0, 0.1) is 5.82 Å². The molecule has 17 heavy (non-hydrogen) atoms. The molecule has 1 heterocycles. The van der Waals surface area contributed by atoms with Gasteiger partial charge in [-0.3, -0.25) is 0 Å². The van der Waals surface area contributed by atoms with Gasteiger partial charge in [0.25, 0.3) is 0 Å². The fourth-order valence-corrected chi connectivity index (χ4v) is 1.77. The highest BCUT2D eigenvalue weighted by Gasteiger charge is 2.04. The Bertz CT molecular complexity index is 433. The van der Waals surface area contributed by atoms with E-state index in [1.54, 1.807) is 6.92 Å². The minimum atomic E-state index is -3.11. The van der Waals surface area contributed by atoms with Crippen molar-refractivity contribution in [3.63, 3.8) is 0 Å². The zero-order chi connectivity index (χ0) is 12.7. The molecule has 0 aliphatic carbocycles. The second-order valence-corrected chi connectivity index (χ2v) is 5.54. The van der Waals surface area contributed by atoms with Gasteiger partial charge < -0.3 is 5.32 Å². The quantitative estimate of drug-likeness (QED) is 0.717. The van der Waals surface area contributed by atoms with Gasteiger partial charge in [-0.1, -0.05) is 0 Å². The van der Waals surface area contributed by atoms with Crippen molar-refractivity contribution in [2.75, 3.05) is 24.2 Å². The number of anilines is 1. The number of rotatable bonds is 7. The van der Waals surface area contributed by atoms with Crippen molar-refractivity contribution in [3.8, 4) is 0 Å². The molecule has 2 N–H and O–H groups in total. The van der Waals surface area contributed by atoms with Crippen molar-refractivity contribution in [1.29, 1.82) is 0 Å². The molecule has 0 bridgehead atoms. The molecule has 0 fully saturated rings. The van der Waals surface area contributed by atoms with Gasteiger partial charge >= 0.3 is 0 Å². The number of sulfonamides is 1. The van der Waals surface area contributed by atoms with Crippen molar-refractivity contribution in [2.24, 2.45) is 0 Å². The average molecular weight is 261 g/mol. The summed E-state index contributed by atoms with van der Waals surface area (Å²) in [5, 5.41) is 2.96. The maximum atomic E-state index is 12.5. The highest BCUT2D eigenvalue weighted by Crippen LogP contribution is 2.02. The van der Waals surface area contributed by atoms with Crippen LogP contribution >= 0.6 is 0 Å². The van der Waals surface area contributed by atoms with Gasteiger partial charge in [0.15, 0.2) is 0 Å². The first kappa shape index (κ1) is 13.9. The molecule has 0 unspecified atom stereocenters. The first-order valence-corrected chi connectivity index (χ1v) is 7.01. The normalized spacial score (nSPS) is 11.4. The lowest BCUT2D eigenvalue weighted by molar-refractivity contribution is 0.581. The Morgan fingerprint density at radius 1 is 1.35 bits per heavy atom. The summed E-state index contributed by atoms with van der Waals surface area (Å²) < 4.78 is 37.2. The molecule has 0 spiro atoms. The molecule has 5 nitrogen and oxygen atoms in total. The summed E-state index contributed by atoms with van der Waals surface area (Å²) in [5.74, 6) is 0.274. The van der Waals surface area contributed by atoms with Crippen LogP contribution in [0.1, 0.15) is 13.3 Å². The fraction of sp³-hybridized carbons (Fsp3) is 0.500. The Labute approximate surface area is 101 Å². The molecule has 0 saturated carbocycles. The number of nitrogens with zero attached hydrogens (tertiary/aromatic N) is 1. The zero-order valence-electron chi connectivity index (χ0n) is 9.61.